The standard InChI is InChI=1S/C37H43O12P3/c1-17-13-24(38)22(31(4,5)6)15-20(17)34-26-19(3)29-28(40)27(33(10,11)12)30(26)42-50(41-29)47-37-35(44-52(48-37)49-37,36(34)45-51(43-34)46-36)21-16-23(32(7,8)9)25(39)14-18(21)2/h13-16,38-40H,1-12H3. The number of aromatic hydroxyl groups is 3. The van der Waals surface area contributed by atoms with Gasteiger partial charge in [0, 0.05) is 22.3 Å². The minimum atomic E-state index is -2.39. The number of phenolic OH excluding ortho intramolecular Hbond substituents is 3. The highest BCUT2D eigenvalue weighted by Gasteiger charge is 2.96. The molecule has 3 atom stereocenters. The molecular weight excluding hydrogens is 729 g/mol. The smallest absolute Gasteiger partial charge is 0.392 e. The molecule has 52 heavy (non-hydrogen) atoms. The van der Waals surface area contributed by atoms with Crippen LogP contribution in [0.1, 0.15) is 112 Å². The SMILES string of the molecule is Cc1cc(O)c(C(C)(C)C)cc1C12OP3OC1(O3)C1(c3cc(C(C)(C)C)c(O)cc3C)OP3OC1(O3)Op1oc3c(C)c2c(o1)c(C(C)(C)C)c3O. The van der Waals surface area contributed by atoms with Gasteiger partial charge in [-0.15, -0.1) is 0 Å². The summed E-state index contributed by atoms with van der Waals surface area (Å²) in [5, 5.41) is 34.7. The first-order chi connectivity index (χ1) is 24.0. The average molecular weight is 773 g/mol. The predicted molar refractivity (Wildman–Crippen MR) is 193 cm³/mol. The lowest BCUT2D eigenvalue weighted by atomic mass is 9.64. The molecule has 0 amide bonds. The van der Waals surface area contributed by atoms with Crippen LogP contribution in [0.4, 0.5) is 0 Å². The molecule has 2 spiro atoms. The number of aryl methyl sites for hydroxylation is 3. The van der Waals surface area contributed by atoms with Gasteiger partial charge in [0.1, 0.15) is 11.5 Å². The van der Waals surface area contributed by atoms with Gasteiger partial charge in [-0.05, 0) is 89.1 Å². The molecule has 12 rings (SSSR count). The van der Waals surface area contributed by atoms with Crippen molar-refractivity contribution < 1.29 is 55.4 Å². The van der Waals surface area contributed by atoms with Crippen LogP contribution in [0, 0.1) is 20.8 Å². The zero-order chi connectivity index (χ0) is 37.5. The van der Waals surface area contributed by atoms with Gasteiger partial charge in [0.2, 0.25) is 5.60 Å². The third-order valence-electron chi connectivity index (χ3n) is 10.9. The number of hydrogen-bond acceptors (Lipinski definition) is 12. The predicted octanol–water partition coefficient (Wildman–Crippen LogP) is 10.0. The van der Waals surface area contributed by atoms with Crippen LogP contribution in [0.15, 0.2) is 32.7 Å². The van der Waals surface area contributed by atoms with E-state index in [2.05, 4.69) is 0 Å². The first kappa shape index (κ1) is 35.3. The third-order valence-corrected chi connectivity index (χ3v) is 14.4. The maximum Gasteiger partial charge on any atom is 0.392 e. The summed E-state index contributed by atoms with van der Waals surface area (Å²) in [6.45, 7) is 23.6. The van der Waals surface area contributed by atoms with E-state index in [1.54, 1.807) is 12.1 Å². The summed E-state index contributed by atoms with van der Waals surface area (Å²) >= 11 is 0. The summed E-state index contributed by atoms with van der Waals surface area (Å²) < 4.78 is 61.2. The Kier molecular flexibility index (Phi) is 6.94. The Hall–Kier alpha value is -2.46. The Morgan fingerprint density at radius 1 is 0.577 bits per heavy atom. The topological polar surface area (TPSA) is 152 Å². The first-order valence-electron chi connectivity index (χ1n) is 17.2. The fourth-order valence-electron chi connectivity index (χ4n) is 8.57. The van der Waals surface area contributed by atoms with Gasteiger partial charge in [-0.2, -0.15) is 0 Å². The molecule has 6 fully saturated rings. The molecule has 0 aliphatic carbocycles. The molecule has 3 N–H and O–H groups in total. The second-order valence-corrected chi connectivity index (χ2v) is 20.5. The van der Waals surface area contributed by atoms with Crippen LogP contribution in [0.2, 0.25) is 0 Å². The van der Waals surface area contributed by atoms with Crippen LogP contribution in [-0.4, -0.2) is 27.1 Å². The number of hydrogen-bond donors (Lipinski definition) is 3. The van der Waals surface area contributed by atoms with E-state index in [-0.39, 0.29) is 22.8 Å². The van der Waals surface area contributed by atoms with Gasteiger partial charge in [0.05, 0.1) is 0 Å². The molecule has 12 nitrogen and oxygen atoms in total. The van der Waals surface area contributed by atoms with Crippen molar-refractivity contribution in [3.63, 3.8) is 0 Å². The maximum absolute atomic E-state index is 11.9. The summed E-state index contributed by atoms with van der Waals surface area (Å²) in [5.41, 5.74) is 0.402. The van der Waals surface area contributed by atoms with Gasteiger partial charge >= 0.3 is 31.4 Å². The quantitative estimate of drug-likeness (QED) is 0.166. The summed E-state index contributed by atoms with van der Waals surface area (Å²) in [4.78, 5) is 0. The van der Waals surface area contributed by atoms with Crippen molar-refractivity contribution in [3.05, 3.63) is 74.3 Å². The molecule has 5 aromatic rings. The van der Waals surface area contributed by atoms with Crippen LogP contribution in [-0.2, 0) is 54.6 Å². The van der Waals surface area contributed by atoms with E-state index in [4.69, 9.17) is 40.1 Å². The lowest BCUT2D eigenvalue weighted by Gasteiger charge is -2.54. The number of benzene rings is 3. The van der Waals surface area contributed by atoms with Gasteiger partial charge < -0.3 is 23.7 Å². The van der Waals surface area contributed by atoms with Gasteiger partial charge in [-0.25, -0.2) is 13.6 Å². The summed E-state index contributed by atoms with van der Waals surface area (Å²) in [6, 6.07) is 7.21. The Morgan fingerprint density at radius 3 is 1.65 bits per heavy atom. The van der Waals surface area contributed by atoms with Gasteiger partial charge in [-0.1, -0.05) is 62.3 Å². The highest BCUT2D eigenvalue weighted by Crippen LogP contribution is 2.89. The lowest BCUT2D eigenvalue weighted by molar-refractivity contribution is -0.394. The van der Waals surface area contributed by atoms with Crippen LogP contribution in [0.25, 0.3) is 11.2 Å². The largest absolute Gasteiger partial charge is 0.508 e. The second-order valence-electron chi connectivity index (χ2n) is 17.5. The van der Waals surface area contributed by atoms with E-state index in [9.17, 15) is 15.3 Å². The number of phenols is 3. The molecule has 6 saturated heterocycles. The summed E-state index contributed by atoms with van der Waals surface area (Å²) in [7, 11) is -6.41. The zero-order valence-electron chi connectivity index (χ0n) is 31.2. The molecular formula is C37H43O12P3. The van der Waals surface area contributed by atoms with Crippen molar-refractivity contribution in [2.75, 3.05) is 0 Å². The molecule has 278 valence electrons. The molecule has 15 heteroatoms. The van der Waals surface area contributed by atoms with Crippen molar-refractivity contribution in [1.29, 1.82) is 0 Å². The van der Waals surface area contributed by atoms with E-state index in [0.29, 0.717) is 55.7 Å². The molecule has 2 aromatic heterocycles. The maximum atomic E-state index is 11.9. The van der Waals surface area contributed by atoms with E-state index < -0.39 is 64.7 Å². The Labute approximate surface area is 305 Å². The monoisotopic (exact) mass is 772 g/mol. The zero-order valence-corrected chi connectivity index (χ0v) is 33.9. The minimum absolute atomic E-state index is 0.0776. The molecule has 3 aromatic carbocycles. The van der Waals surface area contributed by atoms with Crippen LogP contribution < -0.4 is 4.52 Å². The molecule has 7 aliphatic rings. The molecule has 0 radical (unpaired) electrons. The van der Waals surface area contributed by atoms with E-state index in [1.807, 2.05) is 95.2 Å². The van der Waals surface area contributed by atoms with Crippen molar-refractivity contribution in [1.82, 2.24) is 0 Å². The van der Waals surface area contributed by atoms with E-state index in [0.717, 1.165) is 0 Å². The van der Waals surface area contributed by atoms with Crippen LogP contribution >= 0.6 is 25.4 Å². The highest BCUT2D eigenvalue weighted by molar-refractivity contribution is 7.44. The van der Waals surface area contributed by atoms with Crippen LogP contribution in [0.3, 0.4) is 0 Å². The Morgan fingerprint density at radius 2 is 1.10 bits per heavy atom. The minimum Gasteiger partial charge on any atom is -0.508 e. The summed E-state index contributed by atoms with van der Waals surface area (Å²) in [5.74, 6) is -3.83. The molecule has 7 aliphatic heterocycles. The van der Waals surface area contributed by atoms with Crippen LogP contribution in [0.5, 0.6) is 17.2 Å². The van der Waals surface area contributed by atoms with Gasteiger partial charge in [0.25, 0.3) is 5.79 Å². The fraction of sp³-hybridized carbons (Fsp3) is 0.514. The van der Waals surface area contributed by atoms with Crippen molar-refractivity contribution in [2.24, 2.45) is 0 Å². The van der Waals surface area contributed by atoms with Gasteiger partial charge in [-0.3, -0.25) is 18.1 Å². The fourth-order valence-corrected chi connectivity index (χ4v) is 12.8. The van der Waals surface area contributed by atoms with Gasteiger partial charge in [0.15, 0.2) is 22.5 Å². The van der Waals surface area contributed by atoms with E-state index >= 15 is 0 Å². The number of rotatable bonds is 2. The molecule has 9 heterocycles. The van der Waals surface area contributed by atoms with Crippen molar-refractivity contribution >= 4 is 36.6 Å². The average Bonchev–Trinajstić information content (AvgIpc) is 3.60. The second kappa shape index (κ2) is 10.2. The molecule has 8 bridgehead atoms. The number of fused-ring (bicyclic) bond motifs is 1. The summed E-state index contributed by atoms with van der Waals surface area (Å²) in [6.07, 6.45) is 0. The normalized spacial score (nSPS) is 32.2. The molecule has 3 unspecified atom stereocenters. The van der Waals surface area contributed by atoms with Crippen molar-refractivity contribution in [3.8, 4) is 17.2 Å². The highest BCUT2D eigenvalue weighted by atomic mass is 31.2. The Balaban J connectivity index is 1.52. The van der Waals surface area contributed by atoms with Crippen molar-refractivity contribution in [2.45, 2.75) is 122 Å². The Bertz CT molecular complexity index is 2250. The van der Waals surface area contributed by atoms with E-state index in [1.165, 1.54) is 0 Å². The third kappa shape index (κ3) is 4.05. The molecule has 0 saturated carbocycles. The lowest BCUT2D eigenvalue weighted by Crippen LogP contribution is -2.73. The first-order valence-corrected chi connectivity index (χ1v) is 20.5.